The van der Waals surface area contributed by atoms with Gasteiger partial charge < -0.3 is 14.8 Å². The monoisotopic (exact) mass is 319 g/mol. The van der Waals surface area contributed by atoms with Gasteiger partial charge in [0.1, 0.15) is 12.8 Å². The van der Waals surface area contributed by atoms with Gasteiger partial charge in [0, 0.05) is 0 Å². The highest BCUT2D eigenvalue weighted by Crippen LogP contribution is 2.40. The normalized spacial score (nSPS) is 19.7. The maximum absolute atomic E-state index is 12.3. The Bertz CT molecular complexity index is 564. The van der Waals surface area contributed by atoms with Crippen molar-refractivity contribution in [2.24, 2.45) is 5.41 Å². The molecule has 0 aliphatic carbocycles. The predicted octanol–water partition coefficient (Wildman–Crippen LogP) is 2.79. The number of amides is 1. The highest BCUT2D eigenvalue weighted by Gasteiger charge is 2.55. The van der Waals surface area contributed by atoms with Crippen LogP contribution in [-0.4, -0.2) is 23.7 Å². The highest BCUT2D eigenvalue weighted by atomic mass is 16.6. The van der Waals surface area contributed by atoms with Crippen LogP contribution in [0.25, 0.3) is 0 Å². The molecular formula is C18H25NO4. The first kappa shape index (κ1) is 17.5. The molecule has 0 saturated carbocycles. The summed E-state index contributed by atoms with van der Waals surface area (Å²) in [6.45, 7) is 7.45. The molecule has 1 heterocycles. The second-order valence-corrected chi connectivity index (χ2v) is 6.41. The number of benzene rings is 1. The Hall–Kier alpha value is -1.88. The second-order valence-electron chi connectivity index (χ2n) is 6.41. The van der Waals surface area contributed by atoms with Crippen LogP contribution in [0.5, 0.6) is 0 Å². The van der Waals surface area contributed by atoms with Gasteiger partial charge in [0.2, 0.25) is 5.91 Å². The summed E-state index contributed by atoms with van der Waals surface area (Å²) in [4.78, 5) is 24.2. The molecule has 0 radical (unpaired) electrons. The van der Waals surface area contributed by atoms with Crippen LogP contribution in [0.15, 0.2) is 30.3 Å². The average molecular weight is 319 g/mol. The lowest BCUT2D eigenvalue weighted by Crippen LogP contribution is -2.69. The van der Waals surface area contributed by atoms with Crippen molar-refractivity contribution < 1.29 is 19.1 Å². The van der Waals surface area contributed by atoms with Crippen molar-refractivity contribution in [2.75, 3.05) is 0 Å². The maximum atomic E-state index is 12.3. The molecule has 1 aromatic carbocycles. The first-order valence-corrected chi connectivity index (χ1v) is 8.05. The van der Waals surface area contributed by atoms with E-state index in [2.05, 4.69) is 5.32 Å². The Morgan fingerprint density at radius 1 is 1.22 bits per heavy atom. The van der Waals surface area contributed by atoms with Crippen molar-refractivity contribution in [1.29, 1.82) is 0 Å². The summed E-state index contributed by atoms with van der Waals surface area (Å²) in [6.07, 6.45) is 0.897. The van der Waals surface area contributed by atoms with Crippen molar-refractivity contribution in [3.63, 3.8) is 0 Å². The van der Waals surface area contributed by atoms with Crippen LogP contribution in [-0.2, 0) is 25.7 Å². The van der Waals surface area contributed by atoms with E-state index in [1.54, 1.807) is 13.8 Å². The van der Waals surface area contributed by atoms with Crippen LogP contribution in [0.4, 0.5) is 0 Å². The first-order chi connectivity index (χ1) is 10.9. The third-order valence-corrected chi connectivity index (χ3v) is 4.59. The number of ether oxygens (including phenoxy) is 2. The van der Waals surface area contributed by atoms with Gasteiger partial charge in [-0.3, -0.25) is 4.79 Å². The number of carbonyl (C=O) groups excluding carboxylic acids is 2. The smallest absolute Gasteiger partial charge is 0.338 e. The van der Waals surface area contributed by atoms with Gasteiger partial charge in [-0.15, -0.1) is 0 Å². The lowest BCUT2D eigenvalue weighted by atomic mass is 9.73. The topological polar surface area (TPSA) is 64.6 Å². The molecule has 5 nitrogen and oxygen atoms in total. The van der Waals surface area contributed by atoms with Crippen LogP contribution in [0, 0.1) is 5.41 Å². The third kappa shape index (κ3) is 3.39. The van der Waals surface area contributed by atoms with Gasteiger partial charge >= 0.3 is 5.97 Å². The zero-order valence-electron chi connectivity index (χ0n) is 14.2. The Labute approximate surface area is 137 Å². The quantitative estimate of drug-likeness (QED) is 0.620. The highest BCUT2D eigenvalue weighted by molar-refractivity contribution is 5.89. The number of carbonyl (C=O) groups is 2. The molecule has 1 amide bonds. The van der Waals surface area contributed by atoms with Gasteiger partial charge in [0.25, 0.3) is 0 Å². The lowest BCUT2D eigenvalue weighted by molar-refractivity contribution is -0.212. The number of β-lactam (4-membered cyclic amide) rings is 1. The minimum Gasteiger partial charge on any atom is -0.459 e. The van der Waals surface area contributed by atoms with E-state index in [1.807, 2.05) is 44.2 Å². The van der Waals surface area contributed by atoms with E-state index in [9.17, 15) is 9.59 Å². The molecule has 1 fully saturated rings. The minimum atomic E-state index is -1.12. The SMILES string of the molecule is CCC1(CC)C(=O)N[C@H]1OC(C)(C)C(=O)OCc1ccccc1. The average Bonchev–Trinajstić information content (AvgIpc) is 2.54. The van der Waals surface area contributed by atoms with Gasteiger partial charge in [-0.25, -0.2) is 4.79 Å². The summed E-state index contributed by atoms with van der Waals surface area (Å²) in [5, 5.41) is 2.75. The molecule has 1 aromatic rings. The molecule has 0 unspecified atom stereocenters. The molecule has 1 aliphatic rings. The number of nitrogens with one attached hydrogen (secondary N) is 1. The zero-order valence-corrected chi connectivity index (χ0v) is 14.2. The molecule has 1 aliphatic heterocycles. The van der Waals surface area contributed by atoms with Crippen LogP contribution in [0.3, 0.4) is 0 Å². The molecule has 23 heavy (non-hydrogen) atoms. The third-order valence-electron chi connectivity index (χ3n) is 4.59. The Kier molecular flexibility index (Phi) is 5.09. The summed E-state index contributed by atoms with van der Waals surface area (Å²) >= 11 is 0. The minimum absolute atomic E-state index is 0.0130. The van der Waals surface area contributed by atoms with E-state index >= 15 is 0 Å². The molecule has 2 rings (SSSR count). The lowest BCUT2D eigenvalue weighted by Gasteiger charge is -2.49. The van der Waals surface area contributed by atoms with E-state index in [1.165, 1.54) is 0 Å². The molecule has 1 saturated heterocycles. The summed E-state index contributed by atoms with van der Waals surface area (Å²) in [5.41, 5.74) is -0.746. The van der Waals surface area contributed by atoms with Gasteiger partial charge in [-0.2, -0.15) is 0 Å². The maximum Gasteiger partial charge on any atom is 0.338 e. The van der Waals surface area contributed by atoms with Gasteiger partial charge in [0.05, 0.1) is 5.41 Å². The van der Waals surface area contributed by atoms with Crippen LogP contribution in [0.1, 0.15) is 46.1 Å². The number of rotatable bonds is 7. The largest absolute Gasteiger partial charge is 0.459 e. The van der Waals surface area contributed by atoms with Crippen molar-refractivity contribution in [3.8, 4) is 0 Å². The van der Waals surface area contributed by atoms with Gasteiger partial charge in [-0.05, 0) is 32.3 Å². The molecule has 1 N–H and O–H groups in total. The van der Waals surface area contributed by atoms with Gasteiger partial charge in [0.15, 0.2) is 5.60 Å². The Morgan fingerprint density at radius 2 is 1.83 bits per heavy atom. The first-order valence-electron chi connectivity index (χ1n) is 8.05. The number of hydrogen-bond acceptors (Lipinski definition) is 4. The second kappa shape index (κ2) is 6.71. The van der Waals surface area contributed by atoms with E-state index in [0.717, 1.165) is 5.56 Å². The molecule has 5 heteroatoms. The number of hydrogen-bond donors (Lipinski definition) is 1. The fourth-order valence-corrected chi connectivity index (χ4v) is 2.77. The van der Waals surface area contributed by atoms with E-state index in [0.29, 0.717) is 12.8 Å². The summed E-state index contributed by atoms with van der Waals surface area (Å²) in [5.74, 6) is -0.454. The van der Waals surface area contributed by atoms with Crippen molar-refractivity contribution in [3.05, 3.63) is 35.9 Å². The molecule has 0 spiro atoms. The van der Waals surface area contributed by atoms with Crippen molar-refractivity contribution in [1.82, 2.24) is 5.32 Å². The zero-order chi connectivity index (χ0) is 17.1. The Balaban J connectivity index is 1.95. The van der Waals surface area contributed by atoms with Crippen LogP contribution in [0.2, 0.25) is 0 Å². The molecule has 0 bridgehead atoms. The van der Waals surface area contributed by atoms with Crippen LogP contribution >= 0.6 is 0 Å². The predicted molar refractivity (Wildman–Crippen MR) is 86.3 cm³/mol. The van der Waals surface area contributed by atoms with Crippen molar-refractivity contribution in [2.45, 2.75) is 59.0 Å². The fraction of sp³-hybridized carbons (Fsp3) is 0.556. The molecular weight excluding hydrogens is 294 g/mol. The Morgan fingerprint density at radius 3 is 2.35 bits per heavy atom. The van der Waals surface area contributed by atoms with E-state index in [-0.39, 0.29) is 12.5 Å². The molecule has 1 atom stereocenters. The number of esters is 1. The summed E-state index contributed by atoms with van der Waals surface area (Å²) < 4.78 is 11.2. The summed E-state index contributed by atoms with van der Waals surface area (Å²) in [7, 11) is 0. The molecule has 0 aromatic heterocycles. The standard InChI is InChI=1S/C18H25NO4/c1-5-18(6-2)14(20)19-15(18)23-17(3,4)16(21)22-12-13-10-8-7-9-11-13/h7-11,15H,5-6,12H2,1-4H3,(H,19,20)/t15-/m0/s1. The van der Waals surface area contributed by atoms with E-state index < -0.39 is 23.2 Å². The van der Waals surface area contributed by atoms with Crippen molar-refractivity contribution >= 4 is 11.9 Å². The van der Waals surface area contributed by atoms with Crippen LogP contribution < -0.4 is 5.32 Å². The fourth-order valence-electron chi connectivity index (χ4n) is 2.77. The summed E-state index contributed by atoms with van der Waals surface area (Å²) in [6, 6.07) is 9.49. The molecule has 126 valence electrons. The van der Waals surface area contributed by atoms with E-state index in [4.69, 9.17) is 9.47 Å². The van der Waals surface area contributed by atoms with Gasteiger partial charge in [-0.1, -0.05) is 44.2 Å².